The van der Waals surface area contributed by atoms with Crippen molar-refractivity contribution >= 4 is 23.6 Å². The lowest BCUT2D eigenvalue weighted by atomic mass is 10.1. The van der Waals surface area contributed by atoms with Crippen molar-refractivity contribution in [1.29, 1.82) is 0 Å². The molecule has 130 valence electrons. The van der Waals surface area contributed by atoms with E-state index in [-0.39, 0.29) is 11.8 Å². The summed E-state index contributed by atoms with van der Waals surface area (Å²) in [5, 5.41) is 9.55. The molecule has 2 aromatic carbocycles. The van der Waals surface area contributed by atoms with Gasteiger partial charge in [-0.25, -0.2) is 4.68 Å². The lowest BCUT2D eigenvalue weighted by molar-refractivity contribution is -0.111. The monoisotopic (exact) mass is 346 g/mol. The van der Waals surface area contributed by atoms with Crippen LogP contribution in [-0.4, -0.2) is 28.6 Å². The largest absolute Gasteiger partial charge is 0.355 e. The number of hydrogen-bond acceptors (Lipinski definition) is 3. The Bertz CT molecular complexity index is 945. The van der Waals surface area contributed by atoms with Crippen molar-refractivity contribution in [1.82, 2.24) is 15.1 Å². The van der Waals surface area contributed by atoms with E-state index in [4.69, 9.17) is 0 Å². The molecule has 2 amide bonds. The predicted octanol–water partition coefficient (Wildman–Crippen LogP) is 2.88. The summed E-state index contributed by atoms with van der Waals surface area (Å²) in [5.41, 5.74) is 2.61. The van der Waals surface area contributed by atoms with E-state index in [9.17, 15) is 9.59 Å². The van der Waals surface area contributed by atoms with Gasteiger partial charge < -0.3 is 10.6 Å². The van der Waals surface area contributed by atoms with Crippen molar-refractivity contribution in [2.45, 2.75) is 0 Å². The molecule has 6 heteroatoms. The smallest absolute Gasteiger partial charge is 0.253 e. The Labute approximate surface area is 151 Å². The fraction of sp³-hybridized carbons (Fsp3) is 0.0500. The number of benzene rings is 2. The number of carbonyl (C=O) groups is 2. The molecule has 1 heterocycles. The number of carbonyl (C=O) groups excluding carboxylic acids is 2. The number of nitrogens with zero attached hydrogens (tertiary/aromatic N) is 2. The van der Waals surface area contributed by atoms with E-state index in [1.165, 1.54) is 6.08 Å². The average molecular weight is 346 g/mol. The van der Waals surface area contributed by atoms with Crippen LogP contribution in [0.3, 0.4) is 0 Å². The highest BCUT2D eigenvalue weighted by molar-refractivity contribution is 6.07. The molecule has 2 N–H and O–H groups in total. The first-order valence-corrected chi connectivity index (χ1v) is 8.07. The van der Waals surface area contributed by atoms with Gasteiger partial charge in [-0.15, -0.1) is 0 Å². The number of aromatic nitrogens is 2. The van der Waals surface area contributed by atoms with Crippen LogP contribution in [0.2, 0.25) is 0 Å². The standard InChI is InChI=1S/C20H18N4O2/c1-21-20(26)17-9-5-6-10-18(17)23-19(25)12-11-15-13-22-24(14-15)16-7-3-2-4-8-16/h2-14H,1H3,(H,21,26)(H,23,25)/b12-11+. The summed E-state index contributed by atoms with van der Waals surface area (Å²) < 4.78 is 1.73. The van der Waals surface area contributed by atoms with E-state index in [0.29, 0.717) is 11.3 Å². The van der Waals surface area contributed by atoms with Crippen LogP contribution in [0, 0.1) is 0 Å². The Kier molecular flexibility index (Phi) is 5.24. The van der Waals surface area contributed by atoms with Crippen molar-refractivity contribution in [2.24, 2.45) is 0 Å². The summed E-state index contributed by atoms with van der Waals surface area (Å²) in [4.78, 5) is 24.0. The van der Waals surface area contributed by atoms with Gasteiger partial charge in [0, 0.05) is 24.9 Å². The fourth-order valence-electron chi connectivity index (χ4n) is 2.42. The summed E-state index contributed by atoms with van der Waals surface area (Å²) in [7, 11) is 1.55. The summed E-state index contributed by atoms with van der Waals surface area (Å²) in [6.07, 6.45) is 6.59. The normalized spacial score (nSPS) is 10.7. The third-order valence-corrected chi connectivity index (χ3v) is 3.71. The first-order chi connectivity index (χ1) is 12.7. The van der Waals surface area contributed by atoms with Gasteiger partial charge >= 0.3 is 0 Å². The lowest BCUT2D eigenvalue weighted by Crippen LogP contribution is -2.20. The minimum Gasteiger partial charge on any atom is -0.355 e. The van der Waals surface area contributed by atoms with Gasteiger partial charge in [-0.3, -0.25) is 9.59 Å². The molecule has 0 radical (unpaired) electrons. The van der Waals surface area contributed by atoms with Gasteiger partial charge in [-0.05, 0) is 30.3 Å². The second kappa shape index (κ2) is 7.94. The Morgan fingerprint density at radius 3 is 2.54 bits per heavy atom. The first kappa shape index (κ1) is 17.2. The maximum Gasteiger partial charge on any atom is 0.253 e. The van der Waals surface area contributed by atoms with Gasteiger partial charge in [0.1, 0.15) is 0 Å². The van der Waals surface area contributed by atoms with Crippen molar-refractivity contribution in [3.05, 3.63) is 84.2 Å². The number of para-hydroxylation sites is 2. The van der Waals surface area contributed by atoms with Crippen molar-refractivity contribution in [3.8, 4) is 5.69 Å². The van der Waals surface area contributed by atoms with Gasteiger partial charge in [0.05, 0.1) is 23.1 Å². The molecule has 3 rings (SSSR count). The summed E-state index contributed by atoms with van der Waals surface area (Å²) >= 11 is 0. The zero-order valence-corrected chi connectivity index (χ0v) is 14.2. The van der Waals surface area contributed by atoms with Gasteiger partial charge in [0.15, 0.2) is 0 Å². The second-order valence-corrected chi connectivity index (χ2v) is 5.50. The van der Waals surface area contributed by atoms with Crippen LogP contribution in [0.4, 0.5) is 5.69 Å². The molecule has 0 unspecified atom stereocenters. The highest BCUT2D eigenvalue weighted by Gasteiger charge is 2.10. The molecule has 1 aromatic heterocycles. The Hall–Kier alpha value is -3.67. The van der Waals surface area contributed by atoms with Crippen LogP contribution in [0.15, 0.2) is 73.1 Å². The van der Waals surface area contributed by atoms with Crippen molar-refractivity contribution in [3.63, 3.8) is 0 Å². The fourth-order valence-corrected chi connectivity index (χ4v) is 2.42. The zero-order valence-electron chi connectivity index (χ0n) is 14.2. The van der Waals surface area contributed by atoms with Crippen molar-refractivity contribution in [2.75, 3.05) is 12.4 Å². The number of rotatable bonds is 5. The molecule has 0 atom stereocenters. The van der Waals surface area contributed by atoms with Gasteiger partial charge in [-0.2, -0.15) is 5.10 Å². The molecule has 6 nitrogen and oxygen atoms in total. The molecule has 0 aliphatic rings. The molecule has 0 aliphatic heterocycles. The van der Waals surface area contributed by atoms with Crippen LogP contribution >= 0.6 is 0 Å². The molecule has 0 saturated heterocycles. The van der Waals surface area contributed by atoms with Crippen LogP contribution in [0.5, 0.6) is 0 Å². The van der Waals surface area contributed by atoms with E-state index in [1.807, 2.05) is 36.5 Å². The topological polar surface area (TPSA) is 76.0 Å². The van der Waals surface area contributed by atoms with Crippen LogP contribution in [0.1, 0.15) is 15.9 Å². The van der Waals surface area contributed by atoms with Gasteiger partial charge in [0.2, 0.25) is 5.91 Å². The number of amides is 2. The molecule has 0 fully saturated rings. The first-order valence-electron chi connectivity index (χ1n) is 8.07. The summed E-state index contributed by atoms with van der Waals surface area (Å²) in [6, 6.07) is 16.5. The molecule has 0 spiro atoms. The minimum atomic E-state index is -0.325. The Morgan fingerprint density at radius 2 is 1.77 bits per heavy atom. The van der Waals surface area contributed by atoms with Gasteiger partial charge in [0.25, 0.3) is 5.91 Å². The van der Waals surface area contributed by atoms with E-state index in [0.717, 1.165) is 11.3 Å². The SMILES string of the molecule is CNC(=O)c1ccccc1NC(=O)/C=C/c1cnn(-c2ccccc2)c1. The van der Waals surface area contributed by atoms with Crippen molar-refractivity contribution < 1.29 is 9.59 Å². The highest BCUT2D eigenvalue weighted by atomic mass is 16.2. The number of nitrogens with one attached hydrogen (secondary N) is 2. The van der Waals surface area contributed by atoms with Gasteiger partial charge in [-0.1, -0.05) is 30.3 Å². The molecule has 0 saturated carbocycles. The van der Waals surface area contributed by atoms with Crippen LogP contribution in [-0.2, 0) is 4.79 Å². The highest BCUT2D eigenvalue weighted by Crippen LogP contribution is 2.15. The molecule has 0 bridgehead atoms. The van der Waals surface area contributed by atoms with E-state index in [2.05, 4.69) is 15.7 Å². The quantitative estimate of drug-likeness (QED) is 0.698. The summed E-state index contributed by atoms with van der Waals surface area (Å²) in [5.74, 6) is -0.581. The average Bonchev–Trinajstić information content (AvgIpc) is 3.16. The number of hydrogen-bond donors (Lipinski definition) is 2. The third kappa shape index (κ3) is 4.05. The Morgan fingerprint density at radius 1 is 1.04 bits per heavy atom. The minimum absolute atomic E-state index is 0.256. The number of anilines is 1. The Balaban J connectivity index is 1.70. The maximum absolute atomic E-state index is 12.2. The van der Waals surface area contributed by atoms with Crippen LogP contribution < -0.4 is 10.6 Å². The van der Waals surface area contributed by atoms with Crippen LogP contribution in [0.25, 0.3) is 11.8 Å². The van der Waals surface area contributed by atoms with E-state index < -0.39 is 0 Å². The molecular weight excluding hydrogens is 328 g/mol. The zero-order chi connectivity index (χ0) is 18.4. The van der Waals surface area contributed by atoms with E-state index in [1.54, 1.807) is 48.3 Å². The molecule has 0 aliphatic carbocycles. The predicted molar refractivity (Wildman–Crippen MR) is 101 cm³/mol. The molecule has 3 aromatic rings. The maximum atomic E-state index is 12.2. The second-order valence-electron chi connectivity index (χ2n) is 5.50. The lowest BCUT2D eigenvalue weighted by Gasteiger charge is -2.08. The molecular formula is C20H18N4O2. The van der Waals surface area contributed by atoms with E-state index >= 15 is 0 Å². The molecule has 26 heavy (non-hydrogen) atoms. The summed E-state index contributed by atoms with van der Waals surface area (Å²) in [6.45, 7) is 0. The third-order valence-electron chi connectivity index (χ3n) is 3.71.